The fourth-order valence-electron chi connectivity index (χ4n) is 2.29. The van der Waals surface area contributed by atoms with Gasteiger partial charge in [0, 0.05) is 6.07 Å². The highest BCUT2D eigenvalue weighted by atomic mass is 16.5. The van der Waals surface area contributed by atoms with Gasteiger partial charge in [-0.3, -0.25) is 4.79 Å². The fraction of sp³-hybridized carbons (Fsp3) is 0.188. The summed E-state index contributed by atoms with van der Waals surface area (Å²) in [5.41, 5.74) is 1.28. The van der Waals surface area contributed by atoms with E-state index in [1.165, 1.54) is 13.3 Å². The Morgan fingerprint density at radius 2 is 2.17 bits per heavy atom. The highest BCUT2D eigenvalue weighted by Gasteiger charge is 2.25. The molecule has 0 unspecified atom stereocenters. The van der Waals surface area contributed by atoms with Crippen molar-refractivity contribution in [2.24, 2.45) is 0 Å². The second-order valence-electron chi connectivity index (χ2n) is 4.94. The molecule has 0 radical (unpaired) electrons. The maximum atomic E-state index is 12.2. The van der Waals surface area contributed by atoms with E-state index in [4.69, 9.17) is 9.47 Å². The van der Waals surface area contributed by atoms with Gasteiger partial charge < -0.3 is 19.7 Å². The first-order valence-electron chi connectivity index (χ1n) is 7.00. The molecule has 1 aromatic heterocycles. The van der Waals surface area contributed by atoms with Crippen LogP contribution in [0.3, 0.4) is 0 Å². The maximum absolute atomic E-state index is 12.2. The molecule has 2 aromatic rings. The quantitative estimate of drug-likeness (QED) is 0.680. The van der Waals surface area contributed by atoms with Gasteiger partial charge in [0.15, 0.2) is 5.75 Å². The molecule has 0 spiro atoms. The standard InChI is InChI=1S/C16H15N3O4/c1-22-15-7-6-11(8-17-15)18-14(20)9-19-10-16(21)23-13-5-3-2-4-12(13)19/h2-8H,9-10H2,1H3,(H,18,20). The molecule has 0 saturated carbocycles. The minimum Gasteiger partial charge on any atom is -0.481 e. The van der Waals surface area contributed by atoms with Gasteiger partial charge in [0.2, 0.25) is 11.8 Å². The number of rotatable bonds is 4. The smallest absolute Gasteiger partial charge is 0.331 e. The molecule has 1 aliphatic rings. The van der Waals surface area contributed by atoms with Crippen molar-refractivity contribution in [2.45, 2.75) is 0 Å². The molecule has 0 saturated heterocycles. The first-order chi connectivity index (χ1) is 11.2. The predicted molar refractivity (Wildman–Crippen MR) is 83.7 cm³/mol. The number of carbonyl (C=O) groups is 2. The summed E-state index contributed by atoms with van der Waals surface area (Å²) in [7, 11) is 1.52. The molecule has 2 heterocycles. The molecule has 0 fully saturated rings. The summed E-state index contributed by atoms with van der Waals surface area (Å²) >= 11 is 0. The lowest BCUT2D eigenvalue weighted by atomic mass is 10.2. The lowest BCUT2D eigenvalue weighted by Crippen LogP contribution is -2.41. The van der Waals surface area contributed by atoms with E-state index in [0.717, 1.165) is 5.69 Å². The van der Waals surface area contributed by atoms with E-state index in [-0.39, 0.29) is 25.0 Å². The van der Waals surface area contributed by atoms with Crippen LogP contribution in [0.4, 0.5) is 11.4 Å². The maximum Gasteiger partial charge on any atom is 0.331 e. The SMILES string of the molecule is COc1ccc(NC(=O)CN2CC(=O)Oc3ccccc32)cn1. The molecule has 0 aliphatic carbocycles. The van der Waals surface area contributed by atoms with E-state index in [2.05, 4.69) is 10.3 Å². The van der Waals surface area contributed by atoms with E-state index in [1.807, 2.05) is 12.1 Å². The van der Waals surface area contributed by atoms with Crippen LogP contribution in [-0.4, -0.2) is 37.1 Å². The minimum atomic E-state index is -0.386. The van der Waals surface area contributed by atoms with Crippen LogP contribution in [-0.2, 0) is 9.59 Å². The van der Waals surface area contributed by atoms with Crippen molar-refractivity contribution >= 4 is 23.3 Å². The topological polar surface area (TPSA) is 80.8 Å². The summed E-state index contributed by atoms with van der Waals surface area (Å²) in [6, 6.07) is 10.5. The highest BCUT2D eigenvalue weighted by molar-refractivity contribution is 5.96. The number of methoxy groups -OCH3 is 1. The Morgan fingerprint density at radius 3 is 2.91 bits per heavy atom. The Morgan fingerprint density at radius 1 is 1.35 bits per heavy atom. The Bertz CT molecular complexity index is 730. The summed E-state index contributed by atoms with van der Waals surface area (Å²) in [6.07, 6.45) is 1.51. The normalized spacial score (nSPS) is 13.1. The third kappa shape index (κ3) is 3.39. The Kier molecular flexibility index (Phi) is 4.09. The largest absolute Gasteiger partial charge is 0.481 e. The number of hydrogen-bond acceptors (Lipinski definition) is 6. The first kappa shape index (κ1) is 14.8. The number of nitrogens with zero attached hydrogens (tertiary/aromatic N) is 2. The number of carbonyl (C=O) groups excluding carboxylic acids is 2. The number of para-hydroxylation sites is 2. The molecule has 23 heavy (non-hydrogen) atoms. The average Bonchev–Trinajstić information content (AvgIpc) is 2.55. The number of benzene rings is 1. The molecular formula is C16H15N3O4. The van der Waals surface area contributed by atoms with Crippen molar-refractivity contribution in [2.75, 3.05) is 30.4 Å². The van der Waals surface area contributed by atoms with E-state index in [9.17, 15) is 9.59 Å². The lowest BCUT2D eigenvalue weighted by molar-refractivity contribution is -0.133. The van der Waals surface area contributed by atoms with E-state index < -0.39 is 0 Å². The number of fused-ring (bicyclic) bond motifs is 1. The summed E-state index contributed by atoms with van der Waals surface area (Å²) < 4.78 is 10.1. The van der Waals surface area contributed by atoms with Gasteiger partial charge in [-0.15, -0.1) is 0 Å². The third-order valence-corrected chi connectivity index (χ3v) is 3.31. The number of esters is 1. The molecule has 0 atom stereocenters. The second-order valence-corrected chi connectivity index (χ2v) is 4.94. The number of amides is 1. The zero-order valence-electron chi connectivity index (χ0n) is 12.5. The zero-order chi connectivity index (χ0) is 16.2. The lowest BCUT2D eigenvalue weighted by Gasteiger charge is -2.29. The number of hydrogen-bond donors (Lipinski definition) is 1. The highest BCUT2D eigenvalue weighted by Crippen LogP contribution is 2.31. The molecule has 7 nitrogen and oxygen atoms in total. The van der Waals surface area contributed by atoms with Crippen molar-refractivity contribution in [3.63, 3.8) is 0 Å². The van der Waals surface area contributed by atoms with Crippen LogP contribution in [0.5, 0.6) is 11.6 Å². The predicted octanol–water partition coefficient (Wildman–Crippen LogP) is 1.45. The third-order valence-electron chi connectivity index (χ3n) is 3.31. The van der Waals surface area contributed by atoms with Gasteiger partial charge in [0.1, 0.15) is 6.54 Å². The molecule has 1 amide bonds. The van der Waals surface area contributed by atoms with Crippen LogP contribution in [0.1, 0.15) is 0 Å². The molecular weight excluding hydrogens is 298 g/mol. The zero-order valence-corrected chi connectivity index (χ0v) is 12.5. The van der Waals surface area contributed by atoms with Gasteiger partial charge in [-0.25, -0.2) is 9.78 Å². The summed E-state index contributed by atoms with van der Waals surface area (Å²) in [4.78, 5) is 29.5. The summed E-state index contributed by atoms with van der Waals surface area (Å²) in [5.74, 6) is 0.294. The van der Waals surface area contributed by atoms with E-state index in [1.54, 1.807) is 29.2 Å². The number of ether oxygens (including phenoxy) is 2. The molecule has 118 valence electrons. The summed E-state index contributed by atoms with van der Waals surface area (Å²) in [6.45, 7) is 0.0729. The molecule has 3 rings (SSSR count). The van der Waals surface area contributed by atoms with Crippen molar-refractivity contribution < 1.29 is 19.1 Å². The van der Waals surface area contributed by atoms with Crippen LogP contribution in [0.2, 0.25) is 0 Å². The van der Waals surface area contributed by atoms with Crippen LogP contribution in [0, 0.1) is 0 Å². The van der Waals surface area contributed by atoms with Crippen LogP contribution in [0.15, 0.2) is 42.6 Å². The van der Waals surface area contributed by atoms with Crippen molar-refractivity contribution in [1.82, 2.24) is 4.98 Å². The van der Waals surface area contributed by atoms with Gasteiger partial charge in [-0.2, -0.15) is 0 Å². The average molecular weight is 313 g/mol. The Labute approximate surface area is 132 Å². The molecule has 7 heteroatoms. The van der Waals surface area contributed by atoms with Gasteiger partial charge in [-0.05, 0) is 18.2 Å². The van der Waals surface area contributed by atoms with Crippen molar-refractivity contribution in [1.29, 1.82) is 0 Å². The monoisotopic (exact) mass is 313 g/mol. The van der Waals surface area contributed by atoms with Gasteiger partial charge >= 0.3 is 5.97 Å². The molecule has 0 bridgehead atoms. The van der Waals surface area contributed by atoms with Gasteiger partial charge in [0.05, 0.1) is 31.2 Å². The van der Waals surface area contributed by atoms with Crippen LogP contribution >= 0.6 is 0 Å². The van der Waals surface area contributed by atoms with E-state index in [0.29, 0.717) is 17.3 Å². The minimum absolute atomic E-state index is 0.0330. The molecule has 1 aromatic carbocycles. The molecule has 1 N–H and O–H groups in total. The Hall–Kier alpha value is -3.09. The van der Waals surface area contributed by atoms with E-state index >= 15 is 0 Å². The van der Waals surface area contributed by atoms with Crippen LogP contribution in [0.25, 0.3) is 0 Å². The summed E-state index contributed by atoms with van der Waals surface area (Å²) in [5, 5.41) is 2.74. The van der Waals surface area contributed by atoms with Gasteiger partial charge in [0.25, 0.3) is 0 Å². The molecule has 1 aliphatic heterocycles. The number of nitrogens with one attached hydrogen (secondary N) is 1. The number of aromatic nitrogens is 1. The fourth-order valence-corrected chi connectivity index (χ4v) is 2.29. The Balaban J connectivity index is 1.69. The first-order valence-corrected chi connectivity index (χ1v) is 7.00. The van der Waals surface area contributed by atoms with Gasteiger partial charge in [-0.1, -0.05) is 12.1 Å². The number of anilines is 2. The van der Waals surface area contributed by atoms with Crippen molar-refractivity contribution in [3.8, 4) is 11.6 Å². The second kappa shape index (κ2) is 6.35. The number of pyridine rings is 1. The van der Waals surface area contributed by atoms with Crippen LogP contribution < -0.4 is 19.7 Å². The van der Waals surface area contributed by atoms with Crippen molar-refractivity contribution in [3.05, 3.63) is 42.6 Å².